The summed E-state index contributed by atoms with van der Waals surface area (Å²) in [5.74, 6) is -0.408. The molecule has 0 aliphatic carbocycles. The maximum Gasteiger partial charge on any atom is 0.270 e. The first-order chi connectivity index (χ1) is 13.2. The van der Waals surface area contributed by atoms with E-state index in [9.17, 15) is 9.59 Å². The van der Waals surface area contributed by atoms with Crippen LogP contribution in [0.1, 0.15) is 32.0 Å². The van der Waals surface area contributed by atoms with E-state index in [1.807, 2.05) is 54.6 Å². The van der Waals surface area contributed by atoms with Crippen LogP contribution in [-0.4, -0.2) is 23.3 Å². The Morgan fingerprint density at radius 3 is 2.63 bits per heavy atom. The number of hydrogen-bond donors (Lipinski definition) is 1. The maximum atomic E-state index is 12.9. The van der Waals surface area contributed by atoms with Crippen LogP contribution in [-0.2, 0) is 13.0 Å². The molecule has 1 aliphatic rings. The molecular weight excluding hydrogens is 338 g/mol. The number of aromatic nitrogens is 1. The number of amides is 2. The van der Waals surface area contributed by atoms with Crippen LogP contribution < -0.4 is 10.2 Å². The third kappa shape index (κ3) is 3.58. The van der Waals surface area contributed by atoms with Crippen molar-refractivity contribution in [2.45, 2.75) is 13.0 Å². The number of hydrogen-bond acceptors (Lipinski definition) is 3. The van der Waals surface area contributed by atoms with Gasteiger partial charge in [0.2, 0.25) is 0 Å². The van der Waals surface area contributed by atoms with E-state index in [4.69, 9.17) is 0 Å². The van der Waals surface area contributed by atoms with E-state index >= 15 is 0 Å². The summed E-state index contributed by atoms with van der Waals surface area (Å²) in [5.41, 5.74) is 3.82. The minimum atomic E-state index is -0.296. The second-order valence-electron chi connectivity index (χ2n) is 6.43. The molecule has 0 atom stereocenters. The Labute approximate surface area is 157 Å². The molecule has 0 bridgehead atoms. The van der Waals surface area contributed by atoms with E-state index < -0.39 is 0 Å². The number of benzene rings is 2. The Hall–Kier alpha value is -3.47. The van der Waals surface area contributed by atoms with Crippen LogP contribution in [0.5, 0.6) is 0 Å². The number of para-hydroxylation sites is 1. The van der Waals surface area contributed by atoms with Gasteiger partial charge in [0.05, 0.1) is 0 Å². The molecule has 0 saturated heterocycles. The Morgan fingerprint density at radius 2 is 1.78 bits per heavy atom. The summed E-state index contributed by atoms with van der Waals surface area (Å²) < 4.78 is 0. The molecule has 134 valence electrons. The van der Waals surface area contributed by atoms with Crippen molar-refractivity contribution in [2.75, 3.05) is 11.4 Å². The van der Waals surface area contributed by atoms with Crippen LogP contribution in [0.2, 0.25) is 0 Å². The zero-order chi connectivity index (χ0) is 18.6. The van der Waals surface area contributed by atoms with Gasteiger partial charge in [-0.05, 0) is 35.7 Å². The lowest BCUT2D eigenvalue weighted by molar-refractivity contribution is 0.0946. The fourth-order valence-electron chi connectivity index (χ4n) is 3.26. The van der Waals surface area contributed by atoms with E-state index in [2.05, 4.69) is 10.3 Å². The van der Waals surface area contributed by atoms with Gasteiger partial charge in [0.15, 0.2) is 0 Å². The molecular formula is C22H19N3O2. The molecule has 2 heterocycles. The molecule has 2 aromatic carbocycles. The molecule has 0 spiro atoms. The van der Waals surface area contributed by atoms with Gasteiger partial charge in [0.25, 0.3) is 11.8 Å². The largest absolute Gasteiger partial charge is 0.347 e. The Kier molecular flexibility index (Phi) is 4.66. The van der Waals surface area contributed by atoms with E-state index in [0.29, 0.717) is 18.7 Å². The molecule has 5 heteroatoms. The van der Waals surface area contributed by atoms with Crippen molar-refractivity contribution in [3.63, 3.8) is 0 Å². The van der Waals surface area contributed by atoms with Crippen molar-refractivity contribution in [3.05, 3.63) is 95.3 Å². The zero-order valence-electron chi connectivity index (χ0n) is 14.8. The number of nitrogens with zero attached hydrogens (tertiary/aromatic N) is 2. The van der Waals surface area contributed by atoms with Crippen molar-refractivity contribution in [3.8, 4) is 0 Å². The molecule has 1 aliphatic heterocycles. The number of carbonyl (C=O) groups is 2. The molecule has 5 nitrogen and oxygen atoms in total. The SMILES string of the molecule is O=C(NCc1ccccc1)c1cc(C(=O)N2CCc3ccccc32)ccn1. The number of pyridine rings is 1. The average molecular weight is 357 g/mol. The fraction of sp³-hybridized carbons (Fsp3) is 0.136. The highest BCUT2D eigenvalue weighted by atomic mass is 16.2. The standard InChI is InChI=1S/C22H19N3O2/c26-21(24-15-16-6-2-1-3-7-16)19-14-18(10-12-23-19)22(27)25-13-11-17-8-4-5-9-20(17)25/h1-10,12,14H,11,13,15H2,(H,24,26). The highest BCUT2D eigenvalue weighted by Crippen LogP contribution is 2.28. The summed E-state index contributed by atoms with van der Waals surface area (Å²) in [5, 5.41) is 2.84. The lowest BCUT2D eigenvalue weighted by Crippen LogP contribution is -2.29. The second-order valence-corrected chi connectivity index (χ2v) is 6.43. The molecule has 0 unspecified atom stereocenters. The topological polar surface area (TPSA) is 62.3 Å². The highest BCUT2D eigenvalue weighted by molar-refractivity contribution is 6.08. The lowest BCUT2D eigenvalue weighted by Gasteiger charge is -2.17. The summed E-state index contributed by atoms with van der Waals surface area (Å²) in [4.78, 5) is 31.2. The van der Waals surface area contributed by atoms with Crippen LogP contribution >= 0.6 is 0 Å². The molecule has 2 amide bonds. The fourth-order valence-corrected chi connectivity index (χ4v) is 3.26. The van der Waals surface area contributed by atoms with E-state index in [1.165, 1.54) is 11.8 Å². The second kappa shape index (κ2) is 7.41. The van der Waals surface area contributed by atoms with Crippen molar-refractivity contribution >= 4 is 17.5 Å². The zero-order valence-corrected chi connectivity index (χ0v) is 14.8. The molecule has 1 N–H and O–H groups in total. The first kappa shape index (κ1) is 17.0. The average Bonchev–Trinajstić information content (AvgIpc) is 3.16. The predicted molar refractivity (Wildman–Crippen MR) is 104 cm³/mol. The Bertz CT molecular complexity index is 986. The first-order valence-corrected chi connectivity index (χ1v) is 8.90. The van der Waals surface area contributed by atoms with Crippen LogP contribution in [0.4, 0.5) is 5.69 Å². The monoisotopic (exact) mass is 357 g/mol. The van der Waals surface area contributed by atoms with Gasteiger partial charge in [-0.3, -0.25) is 14.6 Å². The summed E-state index contributed by atoms with van der Waals surface area (Å²) in [6.07, 6.45) is 2.35. The van der Waals surface area contributed by atoms with Crippen LogP contribution in [0.15, 0.2) is 72.9 Å². The summed E-state index contributed by atoms with van der Waals surface area (Å²) in [7, 11) is 0. The minimum Gasteiger partial charge on any atom is -0.347 e. The van der Waals surface area contributed by atoms with Crippen molar-refractivity contribution in [1.29, 1.82) is 0 Å². The normalized spacial score (nSPS) is 12.5. The number of fused-ring (bicyclic) bond motifs is 1. The quantitative estimate of drug-likeness (QED) is 0.780. The van der Waals surface area contributed by atoms with Crippen molar-refractivity contribution in [2.24, 2.45) is 0 Å². The van der Waals surface area contributed by atoms with Gasteiger partial charge < -0.3 is 10.2 Å². The Morgan fingerprint density at radius 1 is 1.00 bits per heavy atom. The summed E-state index contributed by atoms with van der Waals surface area (Å²) in [6.45, 7) is 1.06. The molecule has 0 fully saturated rings. The molecule has 4 rings (SSSR count). The molecule has 0 saturated carbocycles. The molecule has 3 aromatic rings. The Balaban J connectivity index is 1.49. The first-order valence-electron chi connectivity index (χ1n) is 8.90. The number of carbonyl (C=O) groups excluding carboxylic acids is 2. The van der Waals surface area contributed by atoms with Gasteiger partial charge in [-0.2, -0.15) is 0 Å². The molecule has 27 heavy (non-hydrogen) atoms. The lowest BCUT2D eigenvalue weighted by atomic mass is 10.1. The number of nitrogens with one attached hydrogen (secondary N) is 1. The van der Waals surface area contributed by atoms with Crippen molar-refractivity contribution < 1.29 is 9.59 Å². The molecule has 0 radical (unpaired) electrons. The van der Waals surface area contributed by atoms with Crippen LogP contribution in [0.3, 0.4) is 0 Å². The van der Waals surface area contributed by atoms with E-state index in [-0.39, 0.29) is 17.5 Å². The number of rotatable bonds is 4. The molecule has 1 aromatic heterocycles. The number of anilines is 1. The van der Waals surface area contributed by atoms with Gasteiger partial charge in [0.1, 0.15) is 5.69 Å². The van der Waals surface area contributed by atoms with Gasteiger partial charge in [-0.15, -0.1) is 0 Å². The third-order valence-corrected chi connectivity index (χ3v) is 4.67. The maximum absolute atomic E-state index is 12.9. The van der Waals surface area contributed by atoms with E-state index in [1.54, 1.807) is 17.0 Å². The van der Waals surface area contributed by atoms with Crippen molar-refractivity contribution in [1.82, 2.24) is 10.3 Å². The summed E-state index contributed by atoms with van der Waals surface area (Å²) >= 11 is 0. The smallest absolute Gasteiger partial charge is 0.270 e. The van der Waals surface area contributed by atoms with Gasteiger partial charge >= 0.3 is 0 Å². The highest BCUT2D eigenvalue weighted by Gasteiger charge is 2.25. The van der Waals surface area contributed by atoms with Crippen LogP contribution in [0, 0.1) is 0 Å². The third-order valence-electron chi connectivity index (χ3n) is 4.67. The van der Waals surface area contributed by atoms with Gasteiger partial charge in [0, 0.05) is 30.5 Å². The van der Waals surface area contributed by atoms with Gasteiger partial charge in [-0.25, -0.2) is 0 Å². The minimum absolute atomic E-state index is 0.112. The summed E-state index contributed by atoms with van der Waals surface area (Å²) in [6, 6.07) is 20.8. The predicted octanol–water partition coefficient (Wildman–Crippen LogP) is 3.21. The van der Waals surface area contributed by atoms with Crippen LogP contribution in [0.25, 0.3) is 0 Å². The van der Waals surface area contributed by atoms with E-state index in [0.717, 1.165) is 17.7 Å². The van der Waals surface area contributed by atoms with Gasteiger partial charge in [-0.1, -0.05) is 48.5 Å².